The summed E-state index contributed by atoms with van der Waals surface area (Å²) in [4.78, 5) is 33.6. The minimum Gasteiger partial charge on any atom is -0.508 e. The third-order valence-corrected chi connectivity index (χ3v) is 13.7. The van der Waals surface area contributed by atoms with Crippen molar-refractivity contribution in [2.24, 2.45) is 17.8 Å². The number of carbonyl (C=O) groups excluding carboxylic acids is 2. The van der Waals surface area contributed by atoms with Crippen LogP contribution in [0.5, 0.6) is 17.2 Å². The molecule has 10 nitrogen and oxygen atoms in total. The van der Waals surface area contributed by atoms with Crippen LogP contribution < -0.4 is 9.47 Å². The fraction of sp³-hybridized carbons (Fsp3) is 0.565. The van der Waals surface area contributed by atoms with Gasteiger partial charge in [-0.3, -0.25) is 14.4 Å². The molecule has 10 heteroatoms. The van der Waals surface area contributed by atoms with Crippen molar-refractivity contribution in [2.75, 3.05) is 34.0 Å². The molecule has 3 fully saturated rings. The van der Waals surface area contributed by atoms with Crippen molar-refractivity contribution in [3.63, 3.8) is 0 Å². The van der Waals surface area contributed by atoms with Crippen molar-refractivity contribution in [3.05, 3.63) is 89.5 Å². The molecule has 0 aromatic heterocycles. The van der Waals surface area contributed by atoms with Crippen molar-refractivity contribution in [3.8, 4) is 52.8 Å². The number of phenolic OH excluding ortho intramolecular Hbond substituents is 1. The van der Waals surface area contributed by atoms with Crippen LogP contribution in [0.1, 0.15) is 190 Å². The molecule has 0 amide bonds. The first-order chi connectivity index (χ1) is 35.0. The maximum Gasteiger partial charge on any atom is 0.307 e. The van der Waals surface area contributed by atoms with E-state index in [-0.39, 0.29) is 54.7 Å². The Morgan fingerprint density at radius 1 is 0.500 bits per heavy atom. The highest BCUT2D eigenvalue weighted by atomic mass is 16.5. The minimum absolute atomic E-state index is 0.0305. The molecule has 3 saturated carbocycles. The van der Waals surface area contributed by atoms with Crippen LogP contribution in [0, 0.1) is 53.3 Å². The van der Waals surface area contributed by atoms with Gasteiger partial charge in [0, 0.05) is 6.61 Å². The number of carboxylic acid groups (broad SMARTS) is 1. The number of carboxylic acids is 1. The molecule has 392 valence electrons. The molecule has 0 aliphatic heterocycles. The number of ether oxygens (including phenoxy) is 4. The lowest BCUT2D eigenvalue weighted by molar-refractivity contribution is -0.141. The number of aliphatic hydroxyl groups is 1. The zero-order chi connectivity index (χ0) is 52.2. The Morgan fingerprint density at radius 3 is 1.12 bits per heavy atom. The van der Waals surface area contributed by atoms with Crippen LogP contribution in [-0.2, 0) is 23.9 Å². The Kier molecular flexibility index (Phi) is 31.0. The highest BCUT2D eigenvalue weighted by molar-refractivity contribution is 5.72. The van der Waals surface area contributed by atoms with Gasteiger partial charge < -0.3 is 34.3 Å². The Labute approximate surface area is 432 Å². The van der Waals surface area contributed by atoms with E-state index in [1.807, 2.05) is 48.5 Å². The van der Waals surface area contributed by atoms with Gasteiger partial charge in [-0.25, -0.2) is 0 Å². The molecule has 3 aliphatic carbocycles. The summed E-state index contributed by atoms with van der Waals surface area (Å²) in [6.45, 7) is 7.18. The van der Waals surface area contributed by atoms with Crippen LogP contribution in [0.4, 0.5) is 0 Å². The smallest absolute Gasteiger partial charge is 0.307 e. The lowest BCUT2D eigenvalue weighted by Gasteiger charge is -2.21. The van der Waals surface area contributed by atoms with E-state index in [2.05, 4.69) is 40.3 Å². The molecular weight excluding hydrogens is 905 g/mol. The number of methoxy groups -OCH3 is 2. The first-order valence-electron chi connectivity index (χ1n) is 26.5. The zero-order valence-corrected chi connectivity index (χ0v) is 44.1. The molecule has 3 aromatic rings. The van der Waals surface area contributed by atoms with Crippen LogP contribution in [0.15, 0.2) is 72.8 Å². The van der Waals surface area contributed by atoms with Crippen molar-refractivity contribution < 1.29 is 48.7 Å². The monoisotopic (exact) mass is 989 g/mol. The molecule has 3 N–H and O–H groups in total. The molecule has 72 heavy (non-hydrogen) atoms. The second-order valence-electron chi connectivity index (χ2n) is 19.0. The molecule has 3 atom stereocenters. The lowest BCUT2D eigenvalue weighted by atomic mass is 9.87. The molecule has 3 aliphatic rings. The van der Waals surface area contributed by atoms with Crippen LogP contribution in [-0.4, -0.2) is 67.3 Å². The maximum atomic E-state index is 11.5. The van der Waals surface area contributed by atoms with E-state index in [0.717, 1.165) is 78.4 Å². The normalized spacial score (nSPS) is 15.8. The number of aliphatic carboxylic acids is 1. The molecule has 3 aromatic carbocycles. The summed E-state index contributed by atoms with van der Waals surface area (Å²) in [5.74, 6) is 20.0. The Bertz CT molecular complexity index is 2140. The predicted molar refractivity (Wildman–Crippen MR) is 287 cm³/mol. The highest BCUT2D eigenvalue weighted by Gasteiger charge is 2.18. The standard InChI is InChI=1S/C21H28O3.C20H26O3.C13H14O3.C8H16O/c1-3-7-19(16-21(22)23-2)18-10-12-20(13-11-18)24-15-14-17-8-5-4-6-9-17;1-2-6-18(15-20(21)22)17-9-11-19(12-10-17)23-14-13-16-7-4-3-5-8-16;1-3-4-11(9-13(15)16-2)10-5-7-12(14)8-6-10;9-7-6-8-4-2-1-3-5-8/h10-13,17,19H,4-6,8-9,14-16H2,1-2H3;9-12,16,18H,3-5,7-8,13-15H2,1H3,(H,21,22);5-8,11,14H,9H2,1-2H3;8-9H,1-7H2/t19-;18-;11-;/m000./s1. The summed E-state index contributed by atoms with van der Waals surface area (Å²) >= 11 is 0. The van der Waals surface area contributed by atoms with E-state index in [1.54, 1.807) is 45.0 Å². The zero-order valence-electron chi connectivity index (χ0n) is 44.1. The SMILES string of the molecule is CC#C[C@@H](CC(=O)O)c1ccc(OCCC2CCCCC2)cc1.CC#C[C@@H](CC(=O)OC)c1ccc(O)cc1.CC#C[C@@H](CC(=O)OC)c1ccc(OCCC2CCCCC2)cc1.OCCC1CCCCC1. The third kappa shape index (κ3) is 25.5. The summed E-state index contributed by atoms with van der Waals surface area (Å²) in [7, 11) is 2.76. The first kappa shape index (κ1) is 60.4. The van der Waals surface area contributed by atoms with Gasteiger partial charge in [-0.15, -0.1) is 17.8 Å². The van der Waals surface area contributed by atoms with E-state index < -0.39 is 5.97 Å². The largest absolute Gasteiger partial charge is 0.508 e. The maximum absolute atomic E-state index is 11.5. The van der Waals surface area contributed by atoms with Gasteiger partial charge in [-0.2, -0.15) is 0 Å². The number of hydrogen-bond donors (Lipinski definition) is 3. The third-order valence-electron chi connectivity index (χ3n) is 13.7. The van der Waals surface area contributed by atoms with Gasteiger partial charge in [-0.05, 0) is 111 Å². The average molecular weight is 989 g/mol. The number of hydrogen-bond acceptors (Lipinski definition) is 9. The minimum atomic E-state index is -0.828. The summed E-state index contributed by atoms with van der Waals surface area (Å²) in [6, 6.07) is 22.3. The van der Waals surface area contributed by atoms with Crippen LogP contribution in [0.2, 0.25) is 0 Å². The van der Waals surface area contributed by atoms with Crippen LogP contribution in [0.25, 0.3) is 0 Å². The Morgan fingerprint density at radius 2 is 0.819 bits per heavy atom. The number of phenols is 1. The van der Waals surface area contributed by atoms with Gasteiger partial charge in [-0.1, -0.05) is 150 Å². The molecule has 0 unspecified atom stereocenters. The van der Waals surface area contributed by atoms with Gasteiger partial charge in [0.25, 0.3) is 0 Å². The predicted octanol–water partition coefficient (Wildman–Crippen LogP) is 13.3. The quantitative estimate of drug-likeness (QED) is 0.0783. The molecule has 6 rings (SSSR count). The van der Waals surface area contributed by atoms with Gasteiger partial charge in [0.15, 0.2) is 0 Å². The van der Waals surface area contributed by atoms with Crippen LogP contribution >= 0.6 is 0 Å². The van der Waals surface area contributed by atoms with Gasteiger partial charge in [0.05, 0.1) is 64.4 Å². The number of aromatic hydroxyl groups is 1. The second-order valence-corrected chi connectivity index (χ2v) is 19.0. The summed E-state index contributed by atoms with van der Waals surface area (Å²) in [6.07, 6.45) is 24.4. The molecule has 0 saturated heterocycles. The molecule has 0 bridgehead atoms. The number of carbonyl (C=O) groups is 3. The average Bonchev–Trinajstić information content (AvgIpc) is 3.40. The van der Waals surface area contributed by atoms with E-state index in [9.17, 15) is 14.4 Å². The van der Waals surface area contributed by atoms with Crippen molar-refractivity contribution in [1.29, 1.82) is 0 Å². The first-order valence-corrected chi connectivity index (χ1v) is 26.5. The molecule has 0 spiro atoms. The number of aliphatic hydroxyl groups excluding tert-OH is 1. The Balaban J connectivity index is 0.000000266. The topological polar surface area (TPSA) is 149 Å². The van der Waals surface area contributed by atoms with Crippen molar-refractivity contribution >= 4 is 17.9 Å². The lowest BCUT2D eigenvalue weighted by Crippen LogP contribution is -2.11. The number of rotatable bonds is 19. The summed E-state index contributed by atoms with van der Waals surface area (Å²) in [5.41, 5.74) is 2.85. The fourth-order valence-corrected chi connectivity index (χ4v) is 9.55. The molecule has 0 heterocycles. The van der Waals surface area contributed by atoms with E-state index in [1.165, 1.54) is 111 Å². The van der Waals surface area contributed by atoms with E-state index in [4.69, 9.17) is 29.5 Å². The van der Waals surface area contributed by atoms with E-state index >= 15 is 0 Å². The van der Waals surface area contributed by atoms with E-state index in [0.29, 0.717) is 6.61 Å². The van der Waals surface area contributed by atoms with Crippen molar-refractivity contribution in [1.82, 2.24) is 0 Å². The molecule has 0 radical (unpaired) electrons. The summed E-state index contributed by atoms with van der Waals surface area (Å²) in [5, 5.41) is 26.8. The summed E-state index contributed by atoms with van der Waals surface area (Å²) < 4.78 is 21.1. The van der Waals surface area contributed by atoms with Gasteiger partial charge in [0.2, 0.25) is 0 Å². The highest BCUT2D eigenvalue weighted by Crippen LogP contribution is 2.30. The molecular formula is C62H84O10. The van der Waals surface area contributed by atoms with Crippen molar-refractivity contribution in [2.45, 2.75) is 173 Å². The van der Waals surface area contributed by atoms with Gasteiger partial charge in [0.1, 0.15) is 17.2 Å². The second kappa shape index (κ2) is 36.9. The Hall–Kier alpha value is -5.89. The fourth-order valence-electron chi connectivity index (χ4n) is 9.55. The number of benzene rings is 3. The van der Waals surface area contributed by atoms with Crippen LogP contribution in [0.3, 0.4) is 0 Å². The number of esters is 2. The van der Waals surface area contributed by atoms with Gasteiger partial charge >= 0.3 is 17.9 Å².